The van der Waals surface area contributed by atoms with E-state index in [0.717, 1.165) is 25.1 Å². The van der Waals surface area contributed by atoms with Crippen molar-refractivity contribution >= 4 is 11.6 Å². The van der Waals surface area contributed by atoms with Crippen LogP contribution in [0, 0.1) is 0 Å². The molecule has 1 aromatic heterocycles. The minimum atomic E-state index is -4.42. The maximum Gasteiger partial charge on any atom is 0.416 e. The van der Waals surface area contributed by atoms with Crippen molar-refractivity contribution < 1.29 is 13.2 Å². The van der Waals surface area contributed by atoms with Gasteiger partial charge < -0.3 is 5.32 Å². The summed E-state index contributed by atoms with van der Waals surface area (Å²) >= 11 is 5.90. The topological polar surface area (TPSA) is 42.7 Å². The first-order chi connectivity index (χ1) is 9.91. The minimum Gasteiger partial charge on any atom is -0.311 e. The normalized spacial score (nSPS) is 11.9. The number of hydrogen-bond acceptors (Lipinski definition) is 3. The van der Waals surface area contributed by atoms with Crippen LogP contribution in [0.25, 0.3) is 5.69 Å². The lowest BCUT2D eigenvalue weighted by Gasteiger charge is -2.09. The van der Waals surface area contributed by atoms with Gasteiger partial charge in [-0.1, -0.05) is 23.7 Å². The molecule has 21 heavy (non-hydrogen) atoms. The van der Waals surface area contributed by atoms with Crippen LogP contribution >= 0.6 is 11.6 Å². The van der Waals surface area contributed by atoms with Gasteiger partial charge in [0.25, 0.3) is 0 Å². The maximum atomic E-state index is 12.6. The Hall–Kier alpha value is -1.60. The molecule has 114 valence electrons. The van der Waals surface area contributed by atoms with Gasteiger partial charge in [-0.3, -0.25) is 0 Å². The van der Waals surface area contributed by atoms with E-state index >= 15 is 0 Å². The average Bonchev–Trinajstić information content (AvgIpc) is 2.86. The molecule has 1 aromatic carbocycles. The SMILES string of the molecule is CCCNCc1cn(-c2ccc(C(F)(F)F)cc2Cl)nn1. The van der Waals surface area contributed by atoms with Crippen molar-refractivity contribution in [2.24, 2.45) is 0 Å². The fourth-order valence-corrected chi connectivity index (χ4v) is 2.03. The highest BCUT2D eigenvalue weighted by molar-refractivity contribution is 6.32. The van der Waals surface area contributed by atoms with Gasteiger partial charge in [0.1, 0.15) is 0 Å². The molecule has 0 aliphatic heterocycles. The summed E-state index contributed by atoms with van der Waals surface area (Å²) in [5.74, 6) is 0. The number of aromatic nitrogens is 3. The van der Waals surface area contributed by atoms with Gasteiger partial charge in [0, 0.05) is 6.54 Å². The Morgan fingerprint density at radius 1 is 1.33 bits per heavy atom. The second-order valence-electron chi connectivity index (χ2n) is 4.50. The summed E-state index contributed by atoms with van der Waals surface area (Å²) in [6.45, 7) is 3.45. The molecule has 1 heterocycles. The van der Waals surface area contributed by atoms with E-state index < -0.39 is 11.7 Å². The zero-order valence-corrected chi connectivity index (χ0v) is 12.0. The molecule has 2 aromatic rings. The summed E-state index contributed by atoms with van der Waals surface area (Å²) in [5.41, 5.74) is 0.263. The third-order valence-electron chi connectivity index (χ3n) is 2.80. The number of benzene rings is 1. The lowest BCUT2D eigenvalue weighted by molar-refractivity contribution is -0.137. The van der Waals surface area contributed by atoms with E-state index in [9.17, 15) is 13.2 Å². The molecule has 0 bridgehead atoms. The van der Waals surface area contributed by atoms with Gasteiger partial charge in [-0.15, -0.1) is 5.10 Å². The minimum absolute atomic E-state index is 0.0252. The van der Waals surface area contributed by atoms with Crippen molar-refractivity contribution in [2.75, 3.05) is 6.54 Å². The van der Waals surface area contributed by atoms with E-state index in [-0.39, 0.29) is 5.02 Å². The van der Waals surface area contributed by atoms with E-state index in [2.05, 4.69) is 15.6 Å². The van der Waals surface area contributed by atoms with Gasteiger partial charge in [-0.25, -0.2) is 4.68 Å². The largest absolute Gasteiger partial charge is 0.416 e. The number of hydrogen-bond donors (Lipinski definition) is 1. The molecule has 8 heteroatoms. The van der Waals surface area contributed by atoms with E-state index in [1.165, 1.54) is 10.7 Å². The molecule has 1 N–H and O–H groups in total. The molecule has 0 radical (unpaired) electrons. The Morgan fingerprint density at radius 2 is 2.10 bits per heavy atom. The lowest BCUT2D eigenvalue weighted by Crippen LogP contribution is -2.13. The summed E-state index contributed by atoms with van der Waals surface area (Å²) in [5, 5.41) is 11.0. The third kappa shape index (κ3) is 3.95. The van der Waals surface area contributed by atoms with Crippen molar-refractivity contribution in [2.45, 2.75) is 26.1 Å². The molecule has 0 amide bonds. The van der Waals surface area contributed by atoms with Gasteiger partial charge in [-0.2, -0.15) is 13.2 Å². The molecule has 0 saturated carbocycles. The quantitative estimate of drug-likeness (QED) is 0.859. The smallest absolute Gasteiger partial charge is 0.311 e. The zero-order valence-electron chi connectivity index (χ0n) is 11.3. The van der Waals surface area contributed by atoms with Crippen LogP contribution in [0.15, 0.2) is 24.4 Å². The van der Waals surface area contributed by atoms with Crippen LogP contribution in [0.5, 0.6) is 0 Å². The number of nitrogens with zero attached hydrogens (tertiary/aromatic N) is 3. The molecular weight excluding hydrogens is 305 g/mol. The number of rotatable bonds is 5. The molecule has 0 unspecified atom stereocenters. The molecular formula is C13H14ClF3N4. The fraction of sp³-hybridized carbons (Fsp3) is 0.385. The average molecular weight is 319 g/mol. The molecule has 2 rings (SSSR count). The summed E-state index contributed by atoms with van der Waals surface area (Å²) in [7, 11) is 0. The van der Waals surface area contributed by atoms with Crippen molar-refractivity contribution in [1.29, 1.82) is 0 Å². The highest BCUT2D eigenvalue weighted by Gasteiger charge is 2.31. The summed E-state index contributed by atoms with van der Waals surface area (Å²) in [6, 6.07) is 3.13. The summed E-state index contributed by atoms with van der Waals surface area (Å²) in [4.78, 5) is 0. The molecule has 0 fully saturated rings. The fourth-order valence-electron chi connectivity index (χ4n) is 1.76. The van der Waals surface area contributed by atoms with Crippen LogP contribution in [0.4, 0.5) is 13.2 Å². The first-order valence-electron chi connectivity index (χ1n) is 6.41. The summed E-state index contributed by atoms with van der Waals surface area (Å²) < 4.78 is 39.1. The van der Waals surface area contributed by atoms with Gasteiger partial charge in [-0.05, 0) is 31.2 Å². The predicted molar refractivity (Wildman–Crippen MR) is 73.4 cm³/mol. The predicted octanol–water partition coefficient (Wildman–Crippen LogP) is 3.44. The van der Waals surface area contributed by atoms with Crippen molar-refractivity contribution in [1.82, 2.24) is 20.3 Å². The van der Waals surface area contributed by atoms with Crippen molar-refractivity contribution in [3.8, 4) is 5.69 Å². The van der Waals surface area contributed by atoms with Gasteiger partial charge >= 0.3 is 6.18 Å². The van der Waals surface area contributed by atoms with Gasteiger partial charge in [0.05, 0.1) is 28.2 Å². The second-order valence-corrected chi connectivity index (χ2v) is 4.90. The number of alkyl halides is 3. The zero-order chi connectivity index (χ0) is 15.5. The summed E-state index contributed by atoms with van der Waals surface area (Å²) in [6.07, 6.45) is -1.78. The first kappa shape index (κ1) is 15.8. The van der Waals surface area contributed by atoms with Crippen molar-refractivity contribution in [3.05, 3.63) is 40.7 Å². The second kappa shape index (κ2) is 6.44. The van der Waals surface area contributed by atoms with Crippen LogP contribution < -0.4 is 5.32 Å². The number of nitrogens with one attached hydrogen (secondary N) is 1. The van der Waals surface area contributed by atoms with Crippen molar-refractivity contribution in [3.63, 3.8) is 0 Å². The van der Waals surface area contributed by atoms with Crippen LogP contribution in [0.3, 0.4) is 0 Å². The van der Waals surface area contributed by atoms with E-state index in [4.69, 9.17) is 11.6 Å². The van der Waals surface area contributed by atoms with Gasteiger partial charge in [0.15, 0.2) is 0 Å². The molecule has 0 aliphatic rings. The van der Waals surface area contributed by atoms with E-state index in [1.54, 1.807) is 6.20 Å². The first-order valence-corrected chi connectivity index (χ1v) is 6.78. The molecule has 0 spiro atoms. The molecule has 0 atom stereocenters. The van der Waals surface area contributed by atoms with E-state index in [1.807, 2.05) is 6.92 Å². The molecule has 0 aliphatic carbocycles. The molecule has 0 saturated heterocycles. The van der Waals surface area contributed by atoms with Crippen LogP contribution in [-0.4, -0.2) is 21.5 Å². The Kier molecular flexibility index (Phi) is 4.84. The Morgan fingerprint density at radius 3 is 2.71 bits per heavy atom. The highest BCUT2D eigenvalue weighted by atomic mass is 35.5. The van der Waals surface area contributed by atoms with E-state index in [0.29, 0.717) is 17.9 Å². The van der Waals surface area contributed by atoms with Crippen LogP contribution in [0.1, 0.15) is 24.6 Å². The monoisotopic (exact) mass is 318 g/mol. The standard InChI is InChI=1S/C13H14ClF3N4/c1-2-5-18-7-10-8-21(20-19-10)12-4-3-9(6-11(12)14)13(15,16)17/h3-4,6,8,18H,2,5,7H2,1H3. The third-order valence-corrected chi connectivity index (χ3v) is 3.10. The van der Waals surface area contributed by atoms with Crippen LogP contribution in [-0.2, 0) is 12.7 Å². The Balaban J connectivity index is 2.19. The maximum absolute atomic E-state index is 12.6. The number of halogens is 4. The van der Waals surface area contributed by atoms with Crippen LogP contribution in [0.2, 0.25) is 5.02 Å². The van der Waals surface area contributed by atoms with Gasteiger partial charge in [0.2, 0.25) is 0 Å². The Bertz CT molecular complexity index is 610. The lowest BCUT2D eigenvalue weighted by atomic mass is 10.2. The highest BCUT2D eigenvalue weighted by Crippen LogP contribution is 2.32. The molecule has 4 nitrogen and oxygen atoms in total. The Labute approximate surface area is 124 Å².